The van der Waals surface area contributed by atoms with Gasteiger partial charge in [-0.15, -0.1) is 0 Å². The molecule has 0 aromatic heterocycles. The number of carbonyl (C=O) groups is 1. The Bertz CT molecular complexity index is 421. The molecule has 1 heterocycles. The summed E-state index contributed by atoms with van der Waals surface area (Å²) in [6.45, 7) is 2.33. The average Bonchev–Trinajstić information content (AvgIpc) is 2.87. The normalized spacial score (nSPS) is 18.6. The van der Waals surface area contributed by atoms with E-state index in [1.54, 1.807) is 31.4 Å². The Hall–Kier alpha value is -1.26. The fraction of sp³-hybridized carbons (Fsp3) is 0.500. The number of halogens is 1. The first-order valence-electron chi connectivity index (χ1n) is 6.34. The molecule has 0 N–H and O–H groups in total. The Morgan fingerprint density at radius 2 is 2.16 bits per heavy atom. The first-order chi connectivity index (χ1) is 9.19. The van der Waals surface area contributed by atoms with E-state index in [1.807, 2.05) is 4.90 Å². The van der Waals surface area contributed by atoms with Crippen LogP contribution in [0.1, 0.15) is 6.42 Å². The van der Waals surface area contributed by atoms with Gasteiger partial charge in [0.25, 0.3) is 5.91 Å². The number of amides is 1. The van der Waals surface area contributed by atoms with Gasteiger partial charge in [0.2, 0.25) is 0 Å². The van der Waals surface area contributed by atoms with Crippen LogP contribution >= 0.6 is 11.6 Å². The molecule has 1 aromatic rings. The zero-order chi connectivity index (χ0) is 13.7. The fourth-order valence-electron chi connectivity index (χ4n) is 2.20. The Morgan fingerprint density at radius 1 is 1.42 bits per heavy atom. The van der Waals surface area contributed by atoms with Crippen LogP contribution in [0.2, 0.25) is 5.02 Å². The number of benzene rings is 1. The third-order valence-electron chi connectivity index (χ3n) is 3.22. The average molecular weight is 284 g/mol. The monoisotopic (exact) mass is 283 g/mol. The number of carbonyl (C=O) groups excluding carboxylic acids is 1. The molecule has 0 spiro atoms. The first-order valence-corrected chi connectivity index (χ1v) is 6.72. The molecule has 0 saturated carbocycles. The standard InChI is InChI=1S/C14H18ClNO3/c1-18-9-11-6-7-16(8-11)14(17)10-19-13-4-2-12(15)3-5-13/h2-5,11H,6-10H2,1H3. The van der Waals surface area contributed by atoms with Crippen LogP contribution in [0.5, 0.6) is 5.75 Å². The minimum atomic E-state index is 0.0218. The maximum absolute atomic E-state index is 12.0. The van der Waals surface area contributed by atoms with E-state index >= 15 is 0 Å². The third-order valence-corrected chi connectivity index (χ3v) is 3.47. The number of likely N-dealkylation sites (tertiary alicyclic amines) is 1. The summed E-state index contributed by atoms with van der Waals surface area (Å²) < 4.78 is 10.6. The summed E-state index contributed by atoms with van der Waals surface area (Å²) in [6.07, 6.45) is 1.00. The highest BCUT2D eigenvalue weighted by Crippen LogP contribution is 2.18. The van der Waals surface area contributed by atoms with E-state index in [0.29, 0.717) is 23.3 Å². The van der Waals surface area contributed by atoms with Crippen molar-refractivity contribution >= 4 is 17.5 Å². The van der Waals surface area contributed by atoms with Crippen molar-refractivity contribution in [1.82, 2.24) is 4.90 Å². The first kappa shape index (κ1) is 14.2. The summed E-state index contributed by atoms with van der Waals surface area (Å²) in [7, 11) is 1.69. The van der Waals surface area contributed by atoms with E-state index in [-0.39, 0.29) is 12.5 Å². The summed E-state index contributed by atoms with van der Waals surface area (Å²) >= 11 is 5.78. The van der Waals surface area contributed by atoms with Crippen LogP contribution < -0.4 is 4.74 Å². The van der Waals surface area contributed by atoms with E-state index < -0.39 is 0 Å². The number of methoxy groups -OCH3 is 1. The molecule has 19 heavy (non-hydrogen) atoms. The zero-order valence-electron chi connectivity index (χ0n) is 11.0. The summed E-state index contributed by atoms with van der Waals surface area (Å²) in [6, 6.07) is 7.00. The molecule has 1 saturated heterocycles. The molecule has 5 heteroatoms. The van der Waals surface area contributed by atoms with Gasteiger partial charge in [0.15, 0.2) is 6.61 Å². The second kappa shape index (κ2) is 6.78. The lowest BCUT2D eigenvalue weighted by Crippen LogP contribution is -2.33. The van der Waals surface area contributed by atoms with Crippen molar-refractivity contribution < 1.29 is 14.3 Å². The zero-order valence-corrected chi connectivity index (χ0v) is 11.7. The van der Waals surface area contributed by atoms with Gasteiger partial charge in [0, 0.05) is 31.1 Å². The predicted molar refractivity (Wildman–Crippen MR) is 73.5 cm³/mol. The van der Waals surface area contributed by atoms with Crippen LogP contribution in [-0.2, 0) is 9.53 Å². The van der Waals surface area contributed by atoms with Crippen molar-refractivity contribution in [1.29, 1.82) is 0 Å². The van der Waals surface area contributed by atoms with Gasteiger partial charge in [-0.2, -0.15) is 0 Å². The van der Waals surface area contributed by atoms with Crippen LogP contribution in [0.4, 0.5) is 0 Å². The number of ether oxygens (including phenoxy) is 2. The van der Waals surface area contributed by atoms with Gasteiger partial charge < -0.3 is 14.4 Å². The van der Waals surface area contributed by atoms with E-state index in [2.05, 4.69) is 0 Å². The van der Waals surface area contributed by atoms with Crippen LogP contribution in [0.3, 0.4) is 0 Å². The van der Waals surface area contributed by atoms with Gasteiger partial charge in [-0.1, -0.05) is 11.6 Å². The van der Waals surface area contributed by atoms with E-state index in [0.717, 1.165) is 19.5 Å². The van der Waals surface area contributed by atoms with Crippen LogP contribution in [0, 0.1) is 5.92 Å². The van der Waals surface area contributed by atoms with Crippen LogP contribution in [0.15, 0.2) is 24.3 Å². The van der Waals surface area contributed by atoms with Crippen molar-refractivity contribution in [3.8, 4) is 5.75 Å². The van der Waals surface area contributed by atoms with Crippen LogP contribution in [0.25, 0.3) is 0 Å². The smallest absolute Gasteiger partial charge is 0.260 e. The van der Waals surface area contributed by atoms with Gasteiger partial charge in [0.05, 0.1) is 6.61 Å². The summed E-state index contributed by atoms with van der Waals surface area (Å²) in [5.41, 5.74) is 0. The van der Waals surface area contributed by atoms with Crippen LogP contribution in [-0.4, -0.2) is 44.2 Å². The Labute approximate surface area is 118 Å². The van der Waals surface area contributed by atoms with Gasteiger partial charge in [-0.25, -0.2) is 0 Å². The second-order valence-corrected chi connectivity index (χ2v) is 5.13. The highest BCUT2D eigenvalue weighted by molar-refractivity contribution is 6.30. The fourth-order valence-corrected chi connectivity index (χ4v) is 2.32. The molecule has 4 nitrogen and oxygen atoms in total. The topological polar surface area (TPSA) is 38.8 Å². The third kappa shape index (κ3) is 4.11. The Kier molecular flexibility index (Phi) is 5.05. The second-order valence-electron chi connectivity index (χ2n) is 4.69. The molecule has 2 rings (SSSR count). The minimum absolute atomic E-state index is 0.0218. The van der Waals surface area contributed by atoms with Crippen molar-refractivity contribution in [3.05, 3.63) is 29.3 Å². The quantitative estimate of drug-likeness (QED) is 0.832. The lowest BCUT2D eigenvalue weighted by Gasteiger charge is -2.16. The van der Waals surface area contributed by atoms with Crippen molar-refractivity contribution in [2.24, 2.45) is 5.92 Å². The minimum Gasteiger partial charge on any atom is -0.484 e. The number of nitrogens with zero attached hydrogens (tertiary/aromatic N) is 1. The lowest BCUT2D eigenvalue weighted by atomic mass is 10.1. The molecule has 1 unspecified atom stereocenters. The SMILES string of the molecule is COCC1CCN(C(=O)COc2ccc(Cl)cc2)C1. The molecule has 0 radical (unpaired) electrons. The van der Waals surface area contributed by atoms with E-state index in [9.17, 15) is 4.79 Å². The number of hydrogen-bond acceptors (Lipinski definition) is 3. The molecule has 1 atom stereocenters. The highest BCUT2D eigenvalue weighted by Gasteiger charge is 2.26. The predicted octanol–water partition coefficient (Wildman–Crippen LogP) is 2.21. The lowest BCUT2D eigenvalue weighted by molar-refractivity contribution is -0.132. The maximum atomic E-state index is 12.0. The Balaban J connectivity index is 1.77. The molecule has 0 bridgehead atoms. The molecule has 1 aliphatic heterocycles. The molecule has 1 amide bonds. The molecular weight excluding hydrogens is 266 g/mol. The Morgan fingerprint density at radius 3 is 2.84 bits per heavy atom. The molecule has 1 aliphatic rings. The van der Waals surface area contributed by atoms with E-state index in [4.69, 9.17) is 21.1 Å². The summed E-state index contributed by atoms with van der Waals surface area (Å²) in [4.78, 5) is 13.8. The molecule has 104 valence electrons. The largest absolute Gasteiger partial charge is 0.484 e. The number of hydrogen-bond donors (Lipinski definition) is 0. The molecule has 0 aliphatic carbocycles. The summed E-state index contributed by atoms with van der Waals surface area (Å²) in [5.74, 6) is 1.13. The van der Waals surface area contributed by atoms with Gasteiger partial charge in [-0.05, 0) is 30.7 Å². The highest BCUT2D eigenvalue weighted by atomic mass is 35.5. The van der Waals surface area contributed by atoms with Gasteiger partial charge in [-0.3, -0.25) is 4.79 Å². The van der Waals surface area contributed by atoms with Gasteiger partial charge in [0.1, 0.15) is 5.75 Å². The van der Waals surface area contributed by atoms with Crippen molar-refractivity contribution in [2.45, 2.75) is 6.42 Å². The van der Waals surface area contributed by atoms with E-state index in [1.165, 1.54) is 0 Å². The summed E-state index contributed by atoms with van der Waals surface area (Å²) in [5, 5.41) is 0.653. The number of rotatable bonds is 5. The molecule has 1 fully saturated rings. The molecule has 1 aromatic carbocycles. The maximum Gasteiger partial charge on any atom is 0.260 e. The van der Waals surface area contributed by atoms with Crippen molar-refractivity contribution in [3.63, 3.8) is 0 Å². The molecular formula is C14H18ClNO3. The van der Waals surface area contributed by atoms with Gasteiger partial charge >= 0.3 is 0 Å². The van der Waals surface area contributed by atoms with Crippen molar-refractivity contribution in [2.75, 3.05) is 33.4 Å².